The second-order valence-corrected chi connectivity index (χ2v) is 6.74. The second kappa shape index (κ2) is 7.19. The maximum atomic E-state index is 12.1. The molecule has 0 spiro atoms. The molecule has 0 aromatic carbocycles. The van der Waals surface area contributed by atoms with Crippen molar-refractivity contribution in [2.45, 2.75) is 50.9 Å². The van der Waals surface area contributed by atoms with E-state index in [2.05, 4.69) is 4.99 Å². The number of sulfonamides is 1. The van der Waals surface area contributed by atoms with Gasteiger partial charge in [0, 0.05) is 13.0 Å². The van der Waals surface area contributed by atoms with Gasteiger partial charge in [-0.2, -0.15) is 22.5 Å². The zero-order valence-electron chi connectivity index (χ0n) is 10.9. The molecule has 116 valence electrons. The van der Waals surface area contributed by atoms with Crippen molar-refractivity contribution >= 4 is 16.1 Å². The van der Waals surface area contributed by atoms with Crippen molar-refractivity contribution < 1.29 is 26.4 Å². The standard InChI is InChI=1S/C11H17F3N2O3S/c12-11(13,14)6-4-8-20(18,19)16-7-3-1-2-5-10(16)15-9-17/h10H,1-8H2. The van der Waals surface area contributed by atoms with Gasteiger partial charge in [0.15, 0.2) is 0 Å². The average Bonchev–Trinajstić information content (AvgIpc) is 2.53. The van der Waals surface area contributed by atoms with Crippen LogP contribution in [0.4, 0.5) is 13.2 Å². The SMILES string of the molecule is O=C=NC1CCCCCN1S(=O)(=O)CCCC(F)(F)F. The Kier molecular flexibility index (Phi) is 6.16. The molecule has 0 radical (unpaired) electrons. The number of aliphatic imine (C=N–C) groups is 1. The summed E-state index contributed by atoms with van der Waals surface area (Å²) in [5.74, 6) is -0.586. The second-order valence-electron chi connectivity index (χ2n) is 4.70. The highest BCUT2D eigenvalue weighted by atomic mass is 32.2. The molecule has 1 unspecified atom stereocenters. The summed E-state index contributed by atoms with van der Waals surface area (Å²) < 4.78 is 61.4. The summed E-state index contributed by atoms with van der Waals surface area (Å²) in [7, 11) is -3.84. The third-order valence-electron chi connectivity index (χ3n) is 3.09. The molecule has 0 saturated carbocycles. The Balaban J connectivity index is 2.73. The van der Waals surface area contributed by atoms with Gasteiger partial charge in [0.1, 0.15) is 6.17 Å². The molecule has 9 heteroatoms. The monoisotopic (exact) mass is 314 g/mol. The van der Waals surface area contributed by atoms with Crippen LogP contribution in [0.2, 0.25) is 0 Å². The Morgan fingerprint density at radius 1 is 1.25 bits per heavy atom. The van der Waals surface area contributed by atoms with Crippen LogP contribution in [0.25, 0.3) is 0 Å². The fourth-order valence-corrected chi connectivity index (χ4v) is 3.83. The van der Waals surface area contributed by atoms with Gasteiger partial charge in [0.05, 0.1) is 5.75 Å². The van der Waals surface area contributed by atoms with Crippen LogP contribution in [-0.2, 0) is 14.8 Å². The van der Waals surface area contributed by atoms with Gasteiger partial charge >= 0.3 is 6.18 Å². The van der Waals surface area contributed by atoms with Crippen molar-refractivity contribution in [2.75, 3.05) is 12.3 Å². The highest BCUT2D eigenvalue weighted by Gasteiger charge is 2.33. The van der Waals surface area contributed by atoms with Crippen LogP contribution in [0.15, 0.2) is 4.99 Å². The van der Waals surface area contributed by atoms with E-state index < -0.39 is 41.0 Å². The first-order valence-electron chi connectivity index (χ1n) is 6.39. The third-order valence-corrected chi connectivity index (χ3v) is 5.04. The Bertz CT molecular complexity index is 458. The Morgan fingerprint density at radius 3 is 2.55 bits per heavy atom. The van der Waals surface area contributed by atoms with Gasteiger partial charge in [0.2, 0.25) is 16.1 Å². The van der Waals surface area contributed by atoms with Crippen molar-refractivity contribution in [1.82, 2.24) is 4.31 Å². The van der Waals surface area contributed by atoms with Gasteiger partial charge < -0.3 is 0 Å². The molecular formula is C11H17F3N2O3S. The molecule has 1 aliphatic heterocycles. The lowest BCUT2D eigenvalue weighted by atomic mass is 10.2. The molecule has 1 fully saturated rings. The molecule has 1 aliphatic rings. The quantitative estimate of drug-likeness (QED) is 0.577. The molecule has 0 amide bonds. The smallest absolute Gasteiger partial charge is 0.212 e. The lowest BCUT2D eigenvalue weighted by Crippen LogP contribution is -2.40. The normalized spacial score (nSPS) is 22.1. The number of carbonyl (C=O) groups excluding carboxylic acids is 1. The van der Waals surface area contributed by atoms with Crippen LogP contribution >= 0.6 is 0 Å². The van der Waals surface area contributed by atoms with Gasteiger partial charge in [-0.3, -0.25) is 0 Å². The maximum Gasteiger partial charge on any atom is 0.389 e. The summed E-state index contributed by atoms with van der Waals surface area (Å²) >= 11 is 0. The lowest BCUT2D eigenvalue weighted by molar-refractivity contribution is -0.134. The van der Waals surface area contributed by atoms with E-state index in [0.29, 0.717) is 12.8 Å². The van der Waals surface area contributed by atoms with E-state index in [1.54, 1.807) is 0 Å². The van der Waals surface area contributed by atoms with Gasteiger partial charge in [-0.15, -0.1) is 0 Å². The van der Waals surface area contributed by atoms with Gasteiger partial charge in [0.25, 0.3) is 0 Å². The van der Waals surface area contributed by atoms with Gasteiger partial charge in [-0.05, 0) is 25.7 Å². The van der Waals surface area contributed by atoms with E-state index in [1.807, 2.05) is 0 Å². The molecule has 5 nitrogen and oxygen atoms in total. The zero-order chi connectivity index (χ0) is 15.2. The minimum Gasteiger partial charge on any atom is -0.212 e. The lowest BCUT2D eigenvalue weighted by Gasteiger charge is -2.25. The highest BCUT2D eigenvalue weighted by molar-refractivity contribution is 7.89. The van der Waals surface area contributed by atoms with E-state index in [1.165, 1.54) is 6.08 Å². The molecule has 1 saturated heterocycles. The summed E-state index contributed by atoms with van der Waals surface area (Å²) in [6.45, 7) is 0.185. The topological polar surface area (TPSA) is 66.8 Å². The zero-order valence-corrected chi connectivity index (χ0v) is 11.7. The largest absolute Gasteiger partial charge is 0.389 e. The van der Waals surface area contributed by atoms with Crippen molar-refractivity contribution in [3.63, 3.8) is 0 Å². The number of nitrogens with zero attached hydrogens (tertiary/aromatic N) is 2. The minimum atomic E-state index is -4.37. The van der Waals surface area contributed by atoms with E-state index in [-0.39, 0.29) is 6.54 Å². The maximum absolute atomic E-state index is 12.1. The van der Waals surface area contributed by atoms with Crippen molar-refractivity contribution in [3.8, 4) is 0 Å². The summed E-state index contributed by atoms with van der Waals surface area (Å²) in [4.78, 5) is 13.8. The Morgan fingerprint density at radius 2 is 1.95 bits per heavy atom. The molecule has 0 aromatic heterocycles. The fourth-order valence-electron chi connectivity index (χ4n) is 2.15. The summed E-state index contributed by atoms with van der Waals surface area (Å²) in [5, 5.41) is 0. The number of hydrogen-bond donors (Lipinski definition) is 0. The molecule has 0 bridgehead atoms. The Hall–Kier alpha value is -0.920. The van der Waals surface area contributed by atoms with Crippen LogP contribution in [-0.4, -0.2) is 43.4 Å². The predicted molar refractivity (Wildman–Crippen MR) is 66.2 cm³/mol. The third kappa shape index (κ3) is 5.60. The van der Waals surface area contributed by atoms with Crippen LogP contribution in [0, 0.1) is 0 Å². The molecular weight excluding hydrogens is 297 g/mol. The number of alkyl halides is 3. The van der Waals surface area contributed by atoms with E-state index >= 15 is 0 Å². The Labute approximate surface area is 115 Å². The van der Waals surface area contributed by atoms with Crippen LogP contribution in [0.1, 0.15) is 38.5 Å². The van der Waals surface area contributed by atoms with Crippen LogP contribution in [0.3, 0.4) is 0 Å². The first kappa shape index (κ1) is 17.1. The molecule has 1 rings (SSSR count). The molecule has 0 N–H and O–H groups in total. The molecule has 20 heavy (non-hydrogen) atoms. The van der Waals surface area contributed by atoms with Gasteiger partial charge in [-0.1, -0.05) is 6.42 Å². The summed E-state index contributed by atoms with van der Waals surface area (Å²) in [6.07, 6.45) is -2.94. The van der Waals surface area contributed by atoms with E-state index in [9.17, 15) is 26.4 Å². The first-order valence-corrected chi connectivity index (χ1v) is 8.00. The minimum absolute atomic E-state index is 0.185. The molecule has 0 aliphatic carbocycles. The van der Waals surface area contributed by atoms with Crippen molar-refractivity contribution in [3.05, 3.63) is 0 Å². The van der Waals surface area contributed by atoms with E-state index in [0.717, 1.165) is 17.1 Å². The fraction of sp³-hybridized carbons (Fsp3) is 0.909. The first-order chi connectivity index (χ1) is 9.26. The number of isocyanates is 1. The highest BCUT2D eigenvalue weighted by Crippen LogP contribution is 2.24. The van der Waals surface area contributed by atoms with Crippen molar-refractivity contribution in [1.29, 1.82) is 0 Å². The number of rotatable bonds is 5. The van der Waals surface area contributed by atoms with E-state index in [4.69, 9.17) is 0 Å². The predicted octanol–water partition coefficient (Wildman–Crippen LogP) is 2.20. The summed E-state index contributed by atoms with van der Waals surface area (Å²) in [6, 6.07) is 0. The summed E-state index contributed by atoms with van der Waals surface area (Å²) in [5.41, 5.74) is 0. The van der Waals surface area contributed by atoms with Crippen LogP contribution in [0.5, 0.6) is 0 Å². The molecule has 0 aromatic rings. The number of hydrogen-bond acceptors (Lipinski definition) is 4. The van der Waals surface area contributed by atoms with Gasteiger partial charge in [-0.25, -0.2) is 13.2 Å². The van der Waals surface area contributed by atoms with Crippen molar-refractivity contribution in [2.24, 2.45) is 4.99 Å². The number of halogens is 3. The van der Waals surface area contributed by atoms with Crippen LogP contribution < -0.4 is 0 Å². The molecule has 1 atom stereocenters. The molecule has 1 heterocycles. The average molecular weight is 314 g/mol.